The summed E-state index contributed by atoms with van der Waals surface area (Å²) in [6.45, 7) is 0. The van der Waals surface area contributed by atoms with E-state index < -0.39 is 0 Å². The van der Waals surface area contributed by atoms with E-state index >= 15 is 0 Å². The Morgan fingerprint density at radius 2 is 0.565 bits per heavy atom. The van der Waals surface area contributed by atoms with Gasteiger partial charge in [-0.25, -0.2) is 0 Å². The fraction of sp³-hybridized carbons (Fsp3) is 0. The van der Waals surface area contributed by atoms with E-state index in [4.69, 9.17) is 0 Å². The van der Waals surface area contributed by atoms with Crippen molar-refractivity contribution in [3.63, 3.8) is 0 Å². The Morgan fingerprint density at radius 1 is 0.196 bits per heavy atom. The molecule has 0 bridgehead atoms. The molecule has 0 aromatic heterocycles. The first kappa shape index (κ1) is 26.4. The van der Waals surface area contributed by atoms with Crippen molar-refractivity contribution in [2.24, 2.45) is 0 Å². The molecule has 46 heavy (non-hydrogen) atoms. The van der Waals surface area contributed by atoms with Gasteiger partial charge in [0, 0.05) is 0 Å². The lowest BCUT2D eigenvalue weighted by molar-refractivity contribution is 1.61. The van der Waals surface area contributed by atoms with E-state index in [0.717, 1.165) is 0 Å². The number of hydrogen-bond donors (Lipinski definition) is 0. The van der Waals surface area contributed by atoms with E-state index in [1.54, 1.807) is 0 Å². The molecule has 0 radical (unpaired) electrons. The first-order valence-electron chi connectivity index (χ1n) is 15.9. The largest absolute Gasteiger partial charge is 0.0622 e. The van der Waals surface area contributed by atoms with Gasteiger partial charge in [0.2, 0.25) is 0 Å². The molecule has 0 saturated carbocycles. The minimum Gasteiger partial charge on any atom is -0.0622 e. The van der Waals surface area contributed by atoms with Crippen molar-refractivity contribution in [1.29, 1.82) is 0 Å². The highest BCUT2D eigenvalue weighted by atomic mass is 14.2. The molecule has 0 aliphatic carbocycles. The van der Waals surface area contributed by atoms with Gasteiger partial charge in [-0.2, -0.15) is 0 Å². The highest BCUT2D eigenvalue weighted by Crippen LogP contribution is 2.44. The molecule has 0 amide bonds. The maximum atomic E-state index is 2.37. The van der Waals surface area contributed by atoms with Crippen LogP contribution in [0, 0.1) is 0 Å². The second-order valence-corrected chi connectivity index (χ2v) is 12.1. The SMILES string of the molecule is c1ccc(-c2c3ccccc3c(-c3ccc4ccc(-c5ccc(-c6ccc7ccccc7c6)cc5)cc4c3)c3ccccc23)cc1. The normalized spacial score (nSPS) is 11.5. The van der Waals surface area contributed by atoms with Crippen LogP contribution in [0.3, 0.4) is 0 Å². The standard InChI is InChI=1S/C46H30/c1-2-11-35(12-3-1)45-41-14-6-8-16-43(41)46(44-17-9-7-15-42(44)45)39-27-24-34-23-26-38(29-40(34)30-39)33-20-18-32(19-21-33)37-25-22-31-10-4-5-13-36(31)28-37/h1-30H. The van der Waals surface area contributed by atoms with E-state index in [1.807, 2.05) is 0 Å². The number of benzene rings is 9. The van der Waals surface area contributed by atoms with Gasteiger partial charge in [-0.05, 0) is 106 Å². The summed E-state index contributed by atoms with van der Waals surface area (Å²) in [6.07, 6.45) is 0. The van der Waals surface area contributed by atoms with Gasteiger partial charge in [0.25, 0.3) is 0 Å². The first-order chi connectivity index (χ1) is 22.8. The van der Waals surface area contributed by atoms with Crippen LogP contribution in [0.15, 0.2) is 182 Å². The van der Waals surface area contributed by atoms with Gasteiger partial charge >= 0.3 is 0 Å². The molecule has 0 heteroatoms. The van der Waals surface area contributed by atoms with Gasteiger partial charge in [-0.1, -0.05) is 164 Å². The first-order valence-corrected chi connectivity index (χ1v) is 15.9. The van der Waals surface area contributed by atoms with Gasteiger partial charge in [0.05, 0.1) is 0 Å². The van der Waals surface area contributed by atoms with Crippen LogP contribution in [-0.2, 0) is 0 Å². The van der Waals surface area contributed by atoms with Crippen LogP contribution >= 0.6 is 0 Å². The second kappa shape index (κ2) is 10.9. The monoisotopic (exact) mass is 582 g/mol. The van der Waals surface area contributed by atoms with Crippen LogP contribution < -0.4 is 0 Å². The van der Waals surface area contributed by atoms with E-state index in [2.05, 4.69) is 182 Å². The Morgan fingerprint density at radius 3 is 1.13 bits per heavy atom. The van der Waals surface area contributed by atoms with Gasteiger partial charge in [-0.15, -0.1) is 0 Å². The van der Waals surface area contributed by atoms with Gasteiger partial charge < -0.3 is 0 Å². The van der Waals surface area contributed by atoms with Crippen LogP contribution in [-0.4, -0.2) is 0 Å². The quantitative estimate of drug-likeness (QED) is 0.181. The van der Waals surface area contributed by atoms with Crippen LogP contribution in [0.25, 0.3) is 87.6 Å². The minimum absolute atomic E-state index is 1.22. The molecule has 0 aliphatic rings. The summed E-state index contributed by atoms with van der Waals surface area (Å²) in [5.74, 6) is 0. The van der Waals surface area contributed by atoms with Crippen molar-refractivity contribution in [2.45, 2.75) is 0 Å². The lowest BCUT2D eigenvalue weighted by Crippen LogP contribution is -1.90. The fourth-order valence-corrected chi connectivity index (χ4v) is 7.16. The van der Waals surface area contributed by atoms with Gasteiger partial charge in [0.1, 0.15) is 0 Å². The summed E-state index contributed by atoms with van der Waals surface area (Å²) in [5, 5.41) is 10.1. The minimum atomic E-state index is 1.22. The maximum absolute atomic E-state index is 2.37. The number of hydrogen-bond acceptors (Lipinski definition) is 0. The molecular formula is C46H30. The summed E-state index contributed by atoms with van der Waals surface area (Å²) in [4.78, 5) is 0. The van der Waals surface area contributed by atoms with Crippen molar-refractivity contribution in [1.82, 2.24) is 0 Å². The average Bonchev–Trinajstić information content (AvgIpc) is 3.13. The number of rotatable bonds is 4. The molecule has 0 fully saturated rings. The molecule has 0 heterocycles. The van der Waals surface area contributed by atoms with E-state index in [-0.39, 0.29) is 0 Å². The van der Waals surface area contributed by atoms with Crippen LogP contribution in [0.5, 0.6) is 0 Å². The molecule has 9 aromatic carbocycles. The van der Waals surface area contributed by atoms with Crippen molar-refractivity contribution >= 4 is 43.1 Å². The summed E-state index contributed by atoms with van der Waals surface area (Å²) < 4.78 is 0. The maximum Gasteiger partial charge on any atom is -0.00262 e. The van der Waals surface area contributed by atoms with Gasteiger partial charge in [0.15, 0.2) is 0 Å². The molecule has 0 spiro atoms. The Balaban J connectivity index is 1.16. The Hall–Kier alpha value is -5.98. The molecule has 0 N–H and O–H groups in total. The highest BCUT2D eigenvalue weighted by Gasteiger charge is 2.16. The summed E-state index contributed by atoms with van der Waals surface area (Å²) in [6, 6.07) is 66.5. The molecular weight excluding hydrogens is 553 g/mol. The second-order valence-electron chi connectivity index (χ2n) is 12.1. The van der Waals surface area contributed by atoms with Crippen molar-refractivity contribution in [3.8, 4) is 44.5 Å². The zero-order chi connectivity index (χ0) is 30.5. The predicted molar refractivity (Wildman–Crippen MR) is 198 cm³/mol. The van der Waals surface area contributed by atoms with E-state index in [1.165, 1.54) is 87.6 Å². The zero-order valence-corrected chi connectivity index (χ0v) is 25.3. The van der Waals surface area contributed by atoms with Gasteiger partial charge in [-0.3, -0.25) is 0 Å². The lowest BCUT2D eigenvalue weighted by Gasteiger charge is -2.18. The molecule has 0 nitrogen and oxygen atoms in total. The molecule has 0 atom stereocenters. The molecule has 0 unspecified atom stereocenters. The topological polar surface area (TPSA) is 0 Å². The Bertz CT molecular complexity index is 2500. The fourth-order valence-electron chi connectivity index (χ4n) is 7.16. The Labute approximate surface area is 268 Å². The lowest BCUT2D eigenvalue weighted by atomic mass is 9.85. The van der Waals surface area contributed by atoms with Crippen LogP contribution in [0.4, 0.5) is 0 Å². The summed E-state index contributed by atoms with van der Waals surface area (Å²) in [7, 11) is 0. The third kappa shape index (κ3) is 4.47. The molecule has 0 saturated heterocycles. The van der Waals surface area contributed by atoms with Crippen molar-refractivity contribution in [2.75, 3.05) is 0 Å². The zero-order valence-electron chi connectivity index (χ0n) is 25.3. The molecule has 0 aliphatic heterocycles. The average molecular weight is 583 g/mol. The van der Waals surface area contributed by atoms with Crippen LogP contribution in [0.2, 0.25) is 0 Å². The van der Waals surface area contributed by atoms with Crippen molar-refractivity contribution < 1.29 is 0 Å². The van der Waals surface area contributed by atoms with Crippen LogP contribution in [0.1, 0.15) is 0 Å². The smallest absolute Gasteiger partial charge is 0.00262 e. The van der Waals surface area contributed by atoms with E-state index in [9.17, 15) is 0 Å². The third-order valence-corrected chi connectivity index (χ3v) is 9.42. The number of fused-ring (bicyclic) bond motifs is 4. The third-order valence-electron chi connectivity index (χ3n) is 9.42. The predicted octanol–water partition coefficient (Wildman–Crippen LogP) is 13.0. The summed E-state index contributed by atoms with van der Waals surface area (Å²) >= 11 is 0. The molecule has 214 valence electrons. The highest BCUT2D eigenvalue weighted by molar-refractivity contribution is 6.21. The Kier molecular flexibility index (Phi) is 6.25. The summed E-state index contributed by atoms with van der Waals surface area (Å²) in [5.41, 5.74) is 9.99. The van der Waals surface area contributed by atoms with Crippen molar-refractivity contribution in [3.05, 3.63) is 182 Å². The molecule has 9 rings (SSSR count). The van der Waals surface area contributed by atoms with E-state index in [0.29, 0.717) is 0 Å². The molecule has 9 aromatic rings.